The molecular formula is C16H19ClN2O. The van der Waals surface area contributed by atoms with Crippen LogP contribution in [0.1, 0.15) is 12.5 Å². The Hall–Kier alpha value is -1.29. The molecule has 106 valence electrons. The van der Waals surface area contributed by atoms with Crippen LogP contribution in [0.25, 0.3) is 16.5 Å². The number of H-pyrrole nitrogens is 1. The fourth-order valence-electron chi connectivity index (χ4n) is 3.16. The molecule has 4 heteroatoms. The fraction of sp³-hybridized carbons (Fsp3) is 0.375. The quantitative estimate of drug-likeness (QED) is 0.892. The summed E-state index contributed by atoms with van der Waals surface area (Å²) in [5, 5.41) is 11.6. The molecule has 0 unspecified atom stereocenters. The van der Waals surface area contributed by atoms with Crippen LogP contribution in [0.4, 0.5) is 0 Å². The smallest absolute Gasteiger partial charge is 0.0628 e. The second-order valence-corrected chi connectivity index (χ2v) is 6.07. The third-order valence-electron chi connectivity index (χ3n) is 4.04. The number of aromatic nitrogens is 1. The van der Waals surface area contributed by atoms with Crippen LogP contribution in [-0.4, -0.2) is 41.2 Å². The van der Waals surface area contributed by atoms with Crippen LogP contribution >= 0.6 is 11.6 Å². The number of aliphatic hydroxyl groups excluding tert-OH is 1. The second-order valence-electron chi connectivity index (χ2n) is 5.63. The van der Waals surface area contributed by atoms with Crippen LogP contribution in [-0.2, 0) is 0 Å². The number of aliphatic hydroxyl groups is 1. The average molecular weight is 291 g/mol. The number of hydrogen-bond acceptors (Lipinski definition) is 2. The highest BCUT2D eigenvalue weighted by atomic mass is 35.5. The molecule has 0 radical (unpaired) electrons. The highest BCUT2D eigenvalue weighted by molar-refractivity contribution is 6.31. The molecule has 0 aliphatic carbocycles. The minimum atomic E-state index is 0.0242. The lowest BCUT2D eigenvalue weighted by Crippen LogP contribution is -2.41. The molecule has 1 aliphatic rings. The Kier molecular flexibility index (Phi) is 3.59. The summed E-state index contributed by atoms with van der Waals surface area (Å²) in [6, 6.07) is 5.99. The summed E-state index contributed by atoms with van der Waals surface area (Å²) in [5.41, 5.74) is 3.33. The predicted molar refractivity (Wildman–Crippen MR) is 84.0 cm³/mol. The standard InChI is InChI=1S/C16H19ClN2O/c1-10-5-13(15(9-20)19(2)8-10)14-7-12(17)6-11-3-4-18-16(11)14/h3-7,10,15,18,20H,8-9H2,1-2H3/t10-,15+/m0/s1. The monoisotopic (exact) mass is 290 g/mol. The van der Waals surface area contributed by atoms with Crippen molar-refractivity contribution in [2.75, 3.05) is 20.2 Å². The minimum Gasteiger partial charge on any atom is -0.394 e. The first kappa shape index (κ1) is 13.7. The summed E-state index contributed by atoms with van der Waals surface area (Å²) in [7, 11) is 2.06. The Morgan fingerprint density at radius 2 is 2.25 bits per heavy atom. The lowest BCUT2D eigenvalue weighted by molar-refractivity contribution is 0.167. The normalized spacial score (nSPS) is 24.1. The number of nitrogens with zero attached hydrogens (tertiary/aromatic N) is 1. The largest absolute Gasteiger partial charge is 0.394 e. The number of aromatic amines is 1. The van der Waals surface area contributed by atoms with Crippen molar-refractivity contribution in [2.45, 2.75) is 13.0 Å². The van der Waals surface area contributed by atoms with E-state index in [0.717, 1.165) is 33.6 Å². The van der Waals surface area contributed by atoms with E-state index in [9.17, 15) is 5.11 Å². The molecule has 2 atom stereocenters. The van der Waals surface area contributed by atoms with Crippen LogP contribution < -0.4 is 0 Å². The highest BCUT2D eigenvalue weighted by Crippen LogP contribution is 2.34. The number of halogens is 1. The molecule has 0 bridgehead atoms. The van der Waals surface area contributed by atoms with E-state index in [1.165, 1.54) is 0 Å². The maximum Gasteiger partial charge on any atom is 0.0628 e. The molecule has 0 fully saturated rings. The van der Waals surface area contributed by atoms with E-state index in [4.69, 9.17) is 11.6 Å². The topological polar surface area (TPSA) is 39.3 Å². The van der Waals surface area contributed by atoms with E-state index in [1.807, 2.05) is 24.4 Å². The van der Waals surface area contributed by atoms with E-state index in [1.54, 1.807) is 0 Å². The van der Waals surface area contributed by atoms with Crippen molar-refractivity contribution >= 4 is 28.1 Å². The van der Waals surface area contributed by atoms with Crippen LogP contribution in [0.3, 0.4) is 0 Å². The second kappa shape index (κ2) is 5.24. The van der Waals surface area contributed by atoms with Crippen molar-refractivity contribution in [3.63, 3.8) is 0 Å². The summed E-state index contributed by atoms with van der Waals surface area (Å²) in [6.45, 7) is 3.27. The van der Waals surface area contributed by atoms with Gasteiger partial charge in [-0.05, 0) is 36.7 Å². The molecule has 20 heavy (non-hydrogen) atoms. The lowest BCUT2D eigenvalue weighted by Gasteiger charge is -2.35. The lowest BCUT2D eigenvalue weighted by atomic mass is 9.89. The summed E-state index contributed by atoms with van der Waals surface area (Å²) >= 11 is 6.25. The third-order valence-corrected chi connectivity index (χ3v) is 4.26. The molecule has 3 rings (SSSR count). The van der Waals surface area contributed by atoms with Crippen molar-refractivity contribution in [1.29, 1.82) is 0 Å². The zero-order chi connectivity index (χ0) is 14.3. The predicted octanol–water partition coefficient (Wildman–Crippen LogP) is 3.15. The number of rotatable bonds is 2. The minimum absolute atomic E-state index is 0.0242. The Bertz CT molecular complexity index is 662. The van der Waals surface area contributed by atoms with Crippen LogP contribution in [0, 0.1) is 5.92 Å². The van der Waals surface area contributed by atoms with Gasteiger partial charge in [-0.2, -0.15) is 0 Å². The van der Waals surface area contributed by atoms with Gasteiger partial charge < -0.3 is 10.1 Å². The summed E-state index contributed by atoms with van der Waals surface area (Å²) in [6.07, 6.45) is 4.18. The first-order chi connectivity index (χ1) is 9.60. The van der Waals surface area contributed by atoms with Crippen LogP contribution in [0.15, 0.2) is 30.5 Å². The van der Waals surface area contributed by atoms with Gasteiger partial charge in [0.1, 0.15) is 0 Å². The van der Waals surface area contributed by atoms with Gasteiger partial charge in [-0.25, -0.2) is 0 Å². The number of likely N-dealkylation sites (N-methyl/N-ethyl adjacent to an activating group) is 1. The van der Waals surface area contributed by atoms with Crippen LogP contribution in [0.2, 0.25) is 5.02 Å². The molecule has 1 aromatic carbocycles. The van der Waals surface area contributed by atoms with Crippen molar-refractivity contribution in [2.24, 2.45) is 5.92 Å². The van der Waals surface area contributed by atoms with E-state index >= 15 is 0 Å². The maximum atomic E-state index is 9.75. The van der Waals surface area contributed by atoms with Gasteiger partial charge in [0.05, 0.1) is 18.2 Å². The first-order valence-corrected chi connectivity index (χ1v) is 7.27. The van der Waals surface area contributed by atoms with Crippen molar-refractivity contribution in [1.82, 2.24) is 9.88 Å². The maximum absolute atomic E-state index is 9.75. The van der Waals surface area contributed by atoms with E-state index in [-0.39, 0.29) is 12.6 Å². The number of benzene rings is 1. The van der Waals surface area contributed by atoms with Gasteiger partial charge >= 0.3 is 0 Å². The number of nitrogens with one attached hydrogen (secondary N) is 1. The zero-order valence-electron chi connectivity index (χ0n) is 11.7. The van der Waals surface area contributed by atoms with Gasteiger partial charge in [0.2, 0.25) is 0 Å². The van der Waals surface area contributed by atoms with Crippen LogP contribution in [0.5, 0.6) is 0 Å². The molecule has 0 saturated heterocycles. The third kappa shape index (κ3) is 2.26. The van der Waals surface area contributed by atoms with Gasteiger partial charge in [-0.15, -0.1) is 0 Å². The Morgan fingerprint density at radius 3 is 3.00 bits per heavy atom. The van der Waals surface area contributed by atoms with Gasteiger partial charge in [0.25, 0.3) is 0 Å². The number of hydrogen-bond donors (Lipinski definition) is 2. The molecule has 0 spiro atoms. The molecule has 0 saturated carbocycles. The molecule has 1 aliphatic heterocycles. The average Bonchev–Trinajstić information content (AvgIpc) is 2.84. The molecule has 3 nitrogen and oxygen atoms in total. The van der Waals surface area contributed by atoms with E-state index in [2.05, 4.69) is 29.9 Å². The summed E-state index contributed by atoms with van der Waals surface area (Å²) in [5.74, 6) is 0.460. The van der Waals surface area contributed by atoms with Gasteiger partial charge in [0, 0.05) is 28.7 Å². The summed E-state index contributed by atoms with van der Waals surface area (Å²) < 4.78 is 0. The van der Waals surface area contributed by atoms with Crippen molar-refractivity contribution in [3.05, 3.63) is 41.1 Å². The van der Waals surface area contributed by atoms with Gasteiger partial charge in [0.15, 0.2) is 0 Å². The molecule has 2 N–H and O–H groups in total. The van der Waals surface area contributed by atoms with Crippen molar-refractivity contribution in [3.8, 4) is 0 Å². The number of fused-ring (bicyclic) bond motifs is 1. The molecular weight excluding hydrogens is 272 g/mol. The summed E-state index contributed by atoms with van der Waals surface area (Å²) in [4.78, 5) is 5.49. The van der Waals surface area contributed by atoms with Gasteiger partial charge in [-0.3, -0.25) is 4.90 Å². The Balaban J connectivity index is 2.20. The SMILES string of the molecule is C[C@H]1C=C(c2cc(Cl)cc3cc[nH]c23)[C@@H](CO)N(C)C1. The molecule has 2 heterocycles. The molecule has 2 aromatic rings. The zero-order valence-corrected chi connectivity index (χ0v) is 12.5. The molecule has 0 amide bonds. The Labute approximate surface area is 123 Å². The first-order valence-electron chi connectivity index (χ1n) is 6.90. The van der Waals surface area contributed by atoms with Crippen molar-refractivity contribution < 1.29 is 5.11 Å². The van der Waals surface area contributed by atoms with E-state index < -0.39 is 0 Å². The molecule has 1 aromatic heterocycles. The Morgan fingerprint density at radius 1 is 1.45 bits per heavy atom. The van der Waals surface area contributed by atoms with Gasteiger partial charge in [-0.1, -0.05) is 24.6 Å². The highest BCUT2D eigenvalue weighted by Gasteiger charge is 2.27. The van der Waals surface area contributed by atoms with E-state index in [0.29, 0.717) is 5.92 Å². The fourth-order valence-corrected chi connectivity index (χ4v) is 3.39.